The number of aryl methyl sites for hydroxylation is 4. The maximum Gasteiger partial charge on any atom is 0.0855 e. The Morgan fingerprint density at radius 1 is 0.364 bits per heavy atom. The van der Waals surface area contributed by atoms with Crippen LogP contribution in [0.5, 0.6) is 0 Å². The van der Waals surface area contributed by atoms with E-state index in [2.05, 4.69) is 125 Å². The Morgan fingerprint density at radius 3 is 0.788 bits per heavy atom. The predicted molar refractivity (Wildman–Crippen MR) is 146 cm³/mol. The molecule has 4 aromatic carbocycles. The number of benzene rings is 4. The van der Waals surface area contributed by atoms with Crippen molar-refractivity contribution in [3.05, 3.63) is 142 Å². The second kappa shape index (κ2) is 10.5. The summed E-state index contributed by atoms with van der Waals surface area (Å²) in [5.74, 6) is 0. The van der Waals surface area contributed by atoms with Crippen LogP contribution >= 0.6 is 7.26 Å². The molecule has 0 radical (unpaired) electrons. The first-order chi connectivity index (χ1) is 16.0. The Kier molecular flexibility index (Phi) is 7.46. The molecular weight excluding hydrogens is 415 g/mol. The molecule has 4 rings (SSSR count). The first kappa shape index (κ1) is 23.5. The monoisotopic (exact) mass is 451 g/mol. The molecule has 0 saturated heterocycles. The predicted octanol–water partition coefficient (Wildman–Crippen LogP) is 9.04. The van der Waals surface area contributed by atoms with Crippen LogP contribution in [0.2, 0.25) is 0 Å². The summed E-state index contributed by atoms with van der Waals surface area (Å²) in [5.41, 5.74) is 11.7. The van der Waals surface area contributed by atoms with Gasteiger partial charge in [0.2, 0.25) is 0 Å². The summed E-state index contributed by atoms with van der Waals surface area (Å²) in [7, 11) is -1.49. The first-order valence-corrected chi connectivity index (χ1v) is 14.5. The normalized spacial score (nSPS) is 11.5. The molecule has 0 amide bonds. The maximum atomic E-state index is 2.36. The van der Waals surface area contributed by atoms with Crippen LogP contribution in [-0.2, 0) is 24.6 Å². The molecular formula is C32H36P+. The van der Waals surface area contributed by atoms with Crippen LogP contribution < -0.4 is 0 Å². The fraction of sp³-hybridized carbons (Fsp3) is 0.250. The van der Waals surface area contributed by atoms with Crippen LogP contribution in [0.4, 0.5) is 0 Å². The van der Waals surface area contributed by atoms with Gasteiger partial charge in [-0.05, 0) is 72.2 Å². The van der Waals surface area contributed by atoms with Crippen molar-refractivity contribution in [1.29, 1.82) is 0 Å². The van der Waals surface area contributed by atoms with E-state index in [0.29, 0.717) is 0 Å². The molecule has 0 N–H and O–H groups in total. The van der Waals surface area contributed by atoms with Gasteiger partial charge in [-0.3, -0.25) is 0 Å². The number of hydrogen-bond donors (Lipinski definition) is 0. The lowest BCUT2D eigenvalue weighted by atomic mass is 10.1. The SMILES string of the molecule is Cc1ccccc1C[P+](Cc1ccccc1C)(Cc1ccccc1C)Cc1ccccc1C. The molecule has 0 nitrogen and oxygen atoms in total. The molecule has 33 heavy (non-hydrogen) atoms. The maximum absolute atomic E-state index is 2.36. The molecule has 0 aromatic heterocycles. The number of rotatable bonds is 8. The number of hydrogen-bond acceptors (Lipinski definition) is 0. The fourth-order valence-electron chi connectivity index (χ4n) is 4.93. The van der Waals surface area contributed by atoms with Crippen molar-refractivity contribution in [2.24, 2.45) is 0 Å². The largest absolute Gasteiger partial charge is 0.0855 e. The van der Waals surface area contributed by atoms with Gasteiger partial charge in [-0.25, -0.2) is 0 Å². The van der Waals surface area contributed by atoms with Gasteiger partial charge in [0.1, 0.15) is 0 Å². The highest BCUT2D eigenvalue weighted by Crippen LogP contribution is 2.69. The Hall–Kier alpha value is -2.69. The zero-order valence-electron chi connectivity index (χ0n) is 20.5. The Balaban J connectivity index is 1.86. The lowest BCUT2D eigenvalue weighted by Crippen LogP contribution is -2.11. The van der Waals surface area contributed by atoms with Gasteiger partial charge in [-0.2, -0.15) is 0 Å². The van der Waals surface area contributed by atoms with E-state index in [-0.39, 0.29) is 0 Å². The average Bonchev–Trinajstić information content (AvgIpc) is 2.80. The van der Waals surface area contributed by atoms with Crippen LogP contribution in [0, 0.1) is 27.7 Å². The van der Waals surface area contributed by atoms with Crippen molar-refractivity contribution in [3.63, 3.8) is 0 Å². The van der Waals surface area contributed by atoms with Crippen LogP contribution in [0.1, 0.15) is 44.5 Å². The topological polar surface area (TPSA) is 0 Å². The summed E-state index contributed by atoms with van der Waals surface area (Å²) < 4.78 is 0. The van der Waals surface area contributed by atoms with E-state index in [1.807, 2.05) is 0 Å². The standard InChI is InChI=1S/C32H36P/c1-25-13-5-9-17-29(25)21-33(22-30-18-10-6-14-26(30)2,23-31-19-11-7-15-27(31)3)24-32-20-12-8-16-28(32)4/h5-20H,21-24H2,1-4H3/q+1. The molecule has 1 heteroatoms. The van der Waals surface area contributed by atoms with E-state index >= 15 is 0 Å². The molecule has 168 valence electrons. The molecule has 0 aliphatic rings. The van der Waals surface area contributed by atoms with E-state index in [9.17, 15) is 0 Å². The summed E-state index contributed by atoms with van der Waals surface area (Å²) in [6.07, 6.45) is 4.71. The molecule has 0 saturated carbocycles. The van der Waals surface area contributed by atoms with Crippen molar-refractivity contribution in [2.75, 3.05) is 0 Å². The zero-order valence-corrected chi connectivity index (χ0v) is 21.4. The van der Waals surface area contributed by atoms with Gasteiger partial charge in [0.05, 0.1) is 24.6 Å². The third-order valence-electron chi connectivity index (χ3n) is 7.07. The Labute approximate surface area is 201 Å². The smallest absolute Gasteiger partial charge is 0.0620 e. The van der Waals surface area contributed by atoms with Crippen molar-refractivity contribution in [3.8, 4) is 0 Å². The van der Waals surface area contributed by atoms with Crippen molar-refractivity contribution < 1.29 is 0 Å². The second-order valence-corrected chi connectivity index (χ2v) is 13.6. The molecule has 0 unspecified atom stereocenters. The first-order valence-electron chi connectivity index (χ1n) is 12.0. The summed E-state index contributed by atoms with van der Waals surface area (Å²) in [6.45, 7) is 9.11. The van der Waals surface area contributed by atoms with E-state index in [0.717, 1.165) is 0 Å². The molecule has 0 heterocycles. The highest BCUT2D eigenvalue weighted by molar-refractivity contribution is 7.72. The third-order valence-corrected chi connectivity index (χ3v) is 11.1. The van der Waals surface area contributed by atoms with Crippen molar-refractivity contribution in [1.82, 2.24) is 0 Å². The van der Waals surface area contributed by atoms with E-state index < -0.39 is 7.26 Å². The van der Waals surface area contributed by atoms with Gasteiger partial charge in [-0.1, -0.05) is 97.1 Å². The van der Waals surface area contributed by atoms with Crippen LogP contribution in [0.3, 0.4) is 0 Å². The third kappa shape index (κ3) is 5.82. The molecule has 4 aromatic rings. The minimum Gasteiger partial charge on any atom is -0.0620 e. The van der Waals surface area contributed by atoms with E-state index in [1.54, 1.807) is 0 Å². The summed E-state index contributed by atoms with van der Waals surface area (Å²) in [6, 6.07) is 36.1. The van der Waals surface area contributed by atoms with Gasteiger partial charge in [0, 0.05) is 7.26 Å². The highest BCUT2D eigenvalue weighted by Gasteiger charge is 2.40. The average molecular weight is 452 g/mol. The van der Waals surface area contributed by atoms with Gasteiger partial charge < -0.3 is 0 Å². The molecule has 0 spiro atoms. The second-order valence-electron chi connectivity index (χ2n) is 9.68. The summed E-state index contributed by atoms with van der Waals surface area (Å²) in [4.78, 5) is 0. The van der Waals surface area contributed by atoms with Gasteiger partial charge in [0.25, 0.3) is 0 Å². The quantitative estimate of drug-likeness (QED) is 0.234. The molecule has 0 aliphatic carbocycles. The fourth-order valence-corrected chi connectivity index (χ4v) is 9.91. The Morgan fingerprint density at radius 2 is 0.576 bits per heavy atom. The van der Waals surface area contributed by atoms with Gasteiger partial charge in [0.15, 0.2) is 0 Å². The molecule has 0 aliphatic heterocycles. The van der Waals surface area contributed by atoms with Crippen LogP contribution in [0.15, 0.2) is 97.1 Å². The lowest BCUT2D eigenvalue weighted by molar-refractivity contribution is 1.12. The van der Waals surface area contributed by atoms with Gasteiger partial charge >= 0.3 is 0 Å². The molecule has 0 fully saturated rings. The molecule has 0 atom stereocenters. The minimum atomic E-state index is -1.49. The van der Waals surface area contributed by atoms with Crippen molar-refractivity contribution in [2.45, 2.75) is 52.3 Å². The minimum absolute atomic E-state index is 1.18. The molecule has 0 bridgehead atoms. The van der Waals surface area contributed by atoms with Gasteiger partial charge in [-0.15, -0.1) is 0 Å². The summed E-state index contributed by atoms with van der Waals surface area (Å²) >= 11 is 0. The van der Waals surface area contributed by atoms with Crippen LogP contribution in [0.25, 0.3) is 0 Å². The Bertz CT molecular complexity index is 1020. The van der Waals surface area contributed by atoms with Crippen LogP contribution in [-0.4, -0.2) is 0 Å². The lowest BCUT2D eigenvalue weighted by Gasteiger charge is -2.30. The van der Waals surface area contributed by atoms with Crippen molar-refractivity contribution >= 4 is 7.26 Å². The van der Waals surface area contributed by atoms with E-state index in [1.165, 1.54) is 69.2 Å². The summed E-state index contributed by atoms with van der Waals surface area (Å²) in [5, 5.41) is 0. The van der Waals surface area contributed by atoms with E-state index in [4.69, 9.17) is 0 Å². The zero-order chi connectivity index (χ0) is 23.3. The highest BCUT2D eigenvalue weighted by atomic mass is 31.2.